The van der Waals surface area contributed by atoms with Gasteiger partial charge in [0.25, 0.3) is 0 Å². The number of carbonyl (C=O) groups excluding carboxylic acids is 1. The molecule has 9 heavy (non-hydrogen) atoms. The molecule has 0 aliphatic rings. The van der Waals surface area contributed by atoms with Crippen LogP contribution >= 0.6 is 15.9 Å². The highest BCUT2D eigenvalue weighted by molar-refractivity contribution is 9.10. The van der Waals surface area contributed by atoms with E-state index in [-0.39, 0.29) is 5.91 Å². The molecule has 0 fully saturated rings. The lowest BCUT2D eigenvalue weighted by Gasteiger charge is -1.87. The number of aromatic nitrogens is 2. The minimum Gasteiger partial charge on any atom is -0.273 e. The molecule has 0 aromatic carbocycles. The number of hydrogen-bond acceptors (Lipinski definition) is 2. The zero-order valence-corrected chi connectivity index (χ0v) is 6.42. The van der Waals surface area contributed by atoms with Crippen LogP contribution < -0.4 is 0 Å². The molecule has 1 aromatic heterocycles. The molecule has 1 rings (SSSR count). The number of halogens is 1. The molecule has 0 unspecified atom stereocenters. The van der Waals surface area contributed by atoms with Gasteiger partial charge in [-0.1, -0.05) is 0 Å². The molecule has 0 atom stereocenters. The normalized spacial score (nSPS) is 9.56. The summed E-state index contributed by atoms with van der Waals surface area (Å²) in [6, 6.07) is 1.71. The van der Waals surface area contributed by atoms with E-state index in [0.29, 0.717) is 4.60 Å². The van der Waals surface area contributed by atoms with Crippen LogP contribution in [-0.2, 0) is 0 Å². The third-order valence-electron chi connectivity index (χ3n) is 0.879. The Balaban J connectivity index is 2.98. The summed E-state index contributed by atoms with van der Waals surface area (Å²) >= 11 is 3.12. The molecule has 1 heterocycles. The quantitative estimate of drug-likeness (QED) is 0.616. The lowest BCUT2D eigenvalue weighted by Crippen LogP contribution is -2.04. The molecule has 48 valence electrons. The van der Waals surface area contributed by atoms with Gasteiger partial charge in [0.15, 0.2) is 0 Å². The molecule has 0 N–H and O–H groups in total. The summed E-state index contributed by atoms with van der Waals surface area (Å²) in [6.45, 7) is 1.46. The van der Waals surface area contributed by atoms with Gasteiger partial charge in [-0.05, 0) is 22.0 Å². The molecular formula is C5H5BrN2O. The van der Waals surface area contributed by atoms with Crippen molar-refractivity contribution in [2.45, 2.75) is 6.92 Å². The van der Waals surface area contributed by atoms with Gasteiger partial charge < -0.3 is 0 Å². The van der Waals surface area contributed by atoms with Crippen molar-refractivity contribution in [3.8, 4) is 0 Å². The van der Waals surface area contributed by atoms with Gasteiger partial charge in [0.1, 0.15) is 4.60 Å². The molecular weight excluding hydrogens is 184 g/mol. The van der Waals surface area contributed by atoms with E-state index in [1.54, 1.807) is 12.3 Å². The average Bonchev–Trinajstić information content (AvgIpc) is 2.14. The predicted molar refractivity (Wildman–Crippen MR) is 36.2 cm³/mol. The predicted octanol–water partition coefficient (Wildman–Crippen LogP) is 1.31. The summed E-state index contributed by atoms with van der Waals surface area (Å²) in [7, 11) is 0. The average molecular weight is 189 g/mol. The molecule has 0 aliphatic carbocycles. The van der Waals surface area contributed by atoms with Crippen molar-refractivity contribution in [3.05, 3.63) is 16.9 Å². The van der Waals surface area contributed by atoms with Crippen LogP contribution in [0.2, 0.25) is 0 Å². The van der Waals surface area contributed by atoms with Gasteiger partial charge in [0.2, 0.25) is 5.91 Å². The Morgan fingerprint density at radius 1 is 1.89 bits per heavy atom. The molecule has 0 amide bonds. The topological polar surface area (TPSA) is 34.9 Å². The Labute approximate surface area is 60.8 Å². The zero-order valence-electron chi connectivity index (χ0n) is 4.84. The molecule has 1 aromatic rings. The van der Waals surface area contributed by atoms with Crippen LogP contribution in [0.25, 0.3) is 0 Å². The van der Waals surface area contributed by atoms with E-state index in [0.717, 1.165) is 0 Å². The van der Waals surface area contributed by atoms with Crippen molar-refractivity contribution in [2.75, 3.05) is 0 Å². The molecule has 0 saturated heterocycles. The van der Waals surface area contributed by atoms with E-state index in [2.05, 4.69) is 21.0 Å². The zero-order chi connectivity index (χ0) is 6.85. The number of rotatable bonds is 0. The van der Waals surface area contributed by atoms with E-state index in [4.69, 9.17) is 0 Å². The van der Waals surface area contributed by atoms with Crippen LogP contribution in [0.4, 0.5) is 0 Å². The van der Waals surface area contributed by atoms with Crippen LogP contribution in [-0.4, -0.2) is 15.7 Å². The van der Waals surface area contributed by atoms with Crippen molar-refractivity contribution in [3.63, 3.8) is 0 Å². The van der Waals surface area contributed by atoms with Gasteiger partial charge in [0, 0.05) is 13.1 Å². The van der Waals surface area contributed by atoms with E-state index < -0.39 is 0 Å². The minimum atomic E-state index is -0.0827. The van der Waals surface area contributed by atoms with Crippen LogP contribution in [0.5, 0.6) is 0 Å². The maximum absolute atomic E-state index is 10.5. The first-order valence-electron chi connectivity index (χ1n) is 2.42. The Hall–Kier alpha value is -0.640. The second kappa shape index (κ2) is 2.31. The molecule has 4 heteroatoms. The fourth-order valence-electron chi connectivity index (χ4n) is 0.477. The lowest BCUT2D eigenvalue weighted by molar-refractivity contribution is 0.0921. The summed E-state index contributed by atoms with van der Waals surface area (Å²) in [6.07, 6.45) is 1.60. The fourth-order valence-corrected chi connectivity index (χ4v) is 0.766. The van der Waals surface area contributed by atoms with E-state index >= 15 is 0 Å². The van der Waals surface area contributed by atoms with Crippen LogP contribution in [0.1, 0.15) is 11.7 Å². The first kappa shape index (κ1) is 6.48. The Morgan fingerprint density at radius 3 is 2.78 bits per heavy atom. The smallest absolute Gasteiger partial charge is 0.243 e. The first-order valence-corrected chi connectivity index (χ1v) is 3.21. The number of carbonyl (C=O) groups is 1. The summed E-state index contributed by atoms with van der Waals surface area (Å²) in [5, 5.41) is 3.79. The van der Waals surface area contributed by atoms with Crippen molar-refractivity contribution in [1.82, 2.24) is 9.78 Å². The van der Waals surface area contributed by atoms with Crippen LogP contribution in [0.15, 0.2) is 16.9 Å². The van der Waals surface area contributed by atoms with Crippen molar-refractivity contribution in [2.24, 2.45) is 0 Å². The molecule has 0 radical (unpaired) electrons. The first-order chi connectivity index (χ1) is 4.20. The summed E-state index contributed by atoms with van der Waals surface area (Å²) in [4.78, 5) is 10.5. The van der Waals surface area contributed by atoms with Gasteiger partial charge in [0.05, 0.1) is 0 Å². The van der Waals surface area contributed by atoms with Gasteiger partial charge in [-0.3, -0.25) is 4.79 Å². The maximum atomic E-state index is 10.5. The summed E-state index contributed by atoms with van der Waals surface area (Å²) < 4.78 is 1.95. The van der Waals surface area contributed by atoms with E-state index in [1.807, 2.05) is 0 Å². The molecule has 0 spiro atoms. The fraction of sp³-hybridized carbons (Fsp3) is 0.200. The van der Waals surface area contributed by atoms with Gasteiger partial charge in [-0.2, -0.15) is 5.10 Å². The van der Waals surface area contributed by atoms with Crippen LogP contribution in [0.3, 0.4) is 0 Å². The van der Waals surface area contributed by atoms with Gasteiger partial charge >= 0.3 is 0 Å². The highest BCUT2D eigenvalue weighted by atomic mass is 79.9. The second-order valence-electron chi connectivity index (χ2n) is 1.60. The summed E-state index contributed by atoms with van der Waals surface area (Å²) in [5.41, 5.74) is 0. The monoisotopic (exact) mass is 188 g/mol. The SMILES string of the molecule is CC(=O)n1ccc(Br)n1. The van der Waals surface area contributed by atoms with Crippen molar-refractivity contribution in [1.29, 1.82) is 0 Å². The third kappa shape index (κ3) is 1.38. The second-order valence-corrected chi connectivity index (χ2v) is 2.41. The molecule has 0 saturated carbocycles. The van der Waals surface area contributed by atoms with Gasteiger partial charge in [-0.25, -0.2) is 4.68 Å². The van der Waals surface area contributed by atoms with Gasteiger partial charge in [-0.15, -0.1) is 0 Å². The highest BCUT2D eigenvalue weighted by Gasteiger charge is 1.96. The number of hydrogen-bond donors (Lipinski definition) is 0. The summed E-state index contributed by atoms with van der Waals surface area (Å²) in [5.74, 6) is -0.0827. The molecule has 0 bridgehead atoms. The van der Waals surface area contributed by atoms with Crippen molar-refractivity contribution >= 4 is 21.8 Å². The van der Waals surface area contributed by atoms with Crippen LogP contribution in [0, 0.1) is 0 Å². The highest BCUT2D eigenvalue weighted by Crippen LogP contribution is 2.02. The lowest BCUT2D eigenvalue weighted by atomic mass is 10.7. The van der Waals surface area contributed by atoms with E-state index in [1.165, 1.54) is 11.6 Å². The maximum Gasteiger partial charge on any atom is 0.243 e. The number of nitrogens with zero attached hydrogens (tertiary/aromatic N) is 2. The Bertz CT molecular complexity index is 231. The third-order valence-corrected chi connectivity index (χ3v) is 1.30. The minimum absolute atomic E-state index is 0.0827. The standard InChI is InChI=1S/C5H5BrN2O/c1-4(9)8-3-2-5(6)7-8/h2-3H,1H3. The molecule has 0 aliphatic heterocycles. The molecule has 3 nitrogen and oxygen atoms in total. The Morgan fingerprint density at radius 2 is 2.56 bits per heavy atom. The largest absolute Gasteiger partial charge is 0.273 e. The van der Waals surface area contributed by atoms with E-state index in [9.17, 15) is 4.79 Å². The van der Waals surface area contributed by atoms with Crippen molar-refractivity contribution < 1.29 is 4.79 Å². The Kier molecular flexibility index (Phi) is 1.66.